The quantitative estimate of drug-likeness (QED) is 0.875. The summed E-state index contributed by atoms with van der Waals surface area (Å²) in [6.45, 7) is 3.71. The standard InChI is InChI=1S/C17H26N2O2/c1-14-6-2-3-7-15(14)9-11-18-17(21)19-12-5-4-8-16(19)10-13-20/h2-3,6-7,16,20H,4-5,8-13H2,1H3,(H,18,21). The number of aliphatic hydroxyl groups is 1. The summed E-state index contributed by atoms with van der Waals surface area (Å²) in [6.07, 6.45) is 4.76. The van der Waals surface area contributed by atoms with E-state index in [4.69, 9.17) is 5.11 Å². The molecule has 0 spiro atoms. The number of likely N-dealkylation sites (tertiary alicyclic amines) is 1. The van der Waals surface area contributed by atoms with Crippen LogP contribution in [0.5, 0.6) is 0 Å². The van der Waals surface area contributed by atoms with Crippen molar-refractivity contribution >= 4 is 6.03 Å². The van der Waals surface area contributed by atoms with Crippen molar-refractivity contribution in [3.05, 3.63) is 35.4 Å². The fraction of sp³-hybridized carbons (Fsp3) is 0.588. The number of nitrogens with one attached hydrogen (secondary N) is 1. The van der Waals surface area contributed by atoms with Crippen LogP contribution in [0.4, 0.5) is 4.79 Å². The van der Waals surface area contributed by atoms with Crippen molar-refractivity contribution in [2.75, 3.05) is 19.7 Å². The molecule has 1 heterocycles. The van der Waals surface area contributed by atoms with E-state index in [0.717, 1.165) is 32.2 Å². The van der Waals surface area contributed by atoms with Gasteiger partial charge in [0.1, 0.15) is 0 Å². The minimum atomic E-state index is 0.0155. The lowest BCUT2D eigenvalue weighted by atomic mass is 10.00. The molecular formula is C17H26N2O2. The van der Waals surface area contributed by atoms with Gasteiger partial charge >= 0.3 is 6.03 Å². The first-order valence-electron chi connectivity index (χ1n) is 7.92. The Hall–Kier alpha value is -1.55. The Balaban J connectivity index is 1.82. The molecule has 1 atom stereocenters. The van der Waals surface area contributed by atoms with Crippen LogP contribution in [0.15, 0.2) is 24.3 Å². The lowest BCUT2D eigenvalue weighted by molar-refractivity contribution is 0.132. The normalized spacial score (nSPS) is 18.6. The molecule has 4 nitrogen and oxygen atoms in total. The Morgan fingerprint density at radius 2 is 2.19 bits per heavy atom. The number of rotatable bonds is 5. The van der Waals surface area contributed by atoms with Crippen molar-refractivity contribution in [2.45, 2.75) is 45.1 Å². The average Bonchev–Trinajstić information content (AvgIpc) is 2.50. The molecule has 0 radical (unpaired) electrons. The number of nitrogens with zero attached hydrogens (tertiary/aromatic N) is 1. The molecule has 1 saturated heterocycles. The molecule has 2 N–H and O–H groups in total. The largest absolute Gasteiger partial charge is 0.396 e. The van der Waals surface area contributed by atoms with Gasteiger partial charge in [-0.25, -0.2) is 4.79 Å². The highest BCUT2D eigenvalue weighted by Gasteiger charge is 2.25. The van der Waals surface area contributed by atoms with E-state index in [1.165, 1.54) is 11.1 Å². The minimum Gasteiger partial charge on any atom is -0.396 e. The molecule has 0 aliphatic carbocycles. The van der Waals surface area contributed by atoms with Crippen LogP contribution in [0.3, 0.4) is 0 Å². The first-order chi connectivity index (χ1) is 10.2. The van der Waals surface area contributed by atoms with E-state index in [-0.39, 0.29) is 18.7 Å². The second-order valence-electron chi connectivity index (χ2n) is 5.76. The van der Waals surface area contributed by atoms with Crippen LogP contribution in [0.1, 0.15) is 36.8 Å². The van der Waals surface area contributed by atoms with Crippen molar-refractivity contribution in [3.8, 4) is 0 Å². The summed E-state index contributed by atoms with van der Waals surface area (Å²) in [6, 6.07) is 8.48. The number of urea groups is 1. The zero-order valence-corrected chi connectivity index (χ0v) is 12.8. The first kappa shape index (κ1) is 15.8. The predicted octanol–water partition coefficient (Wildman–Crippen LogP) is 2.48. The van der Waals surface area contributed by atoms with E-state index in [1.54, 1.807) is 0 Å². The smallest absolute Gasteiger partial charge is 0.317 e. The van der Waals surface area contributed by atoms with Crippen LogP contribution in [0, 0.1) is 6.92 Å². The molecule has 0 aromatic heterocycles. The maximum absolute atomic E-state index is 12.3. The number of piperidine rings is 1. The number of carbonyl (C=O) groups excluding carboxylic acids is 1. The highest BCUT2D eigenvalue weighted by Crippen LogP contribution is 2.19. The molecule has 1 unspecified atom stereocenters. The van der Waals surface area contributed by atoms with Gasteiger partial charge in [-0.15, -0.1) is 0 Å². The van der Waals surface area contributed by atoms with E-state index in [9.17, 15) is 4.79 Å². The summed E-state index contributed by atoms with van der Waals surface area (Å²) >= 11 is 0. The Morgan fingerprint density at radius 3 is 2.95 bits per heavy atom. The van der Waals surface area contributed by atoms with Gasteiger partial charge in [-0.2, -0.15) is 0 Å². The lowest BCUT2D eigenvalue weighted by Crippen LogP contribution is -2.49. The van der Waals surface area contributed by atoms with E-state index in [0.29, 0.717) is 13.0 Å². The maximum Gasteiger partial charge on any atom is 0.317 e. The second kappa shape index (κ2) is 8.03. The van der Waals surface area contributed by atoms with Crippen LogP contribution >= 0.6 is 0 Å². The van der Waals surface area contributed by atoms with E-state index < -0.39 is 0 Å². The zero-order valence-electron chi connectivity index (χ0n) is 12.8. The first-order valence-corrected chi connectivity index (χ1v) is 7.92. The zero-order chi connectivity index (χ0) is 15.1. The molecule has 1 aliphatic heterocycles. The summed E-state index contributed by atoms with van der Waals surface area (Å²) in [7, 11) is 0. The van der Waals surface area contributed by atoms with Crippen molar-refractivity contribution in [3.63, 3.8) is 0 Å². The summed E-state index contributed by atoms with van der Waals surface area (Å²) < 4.78 is 0. The highest BCUT2D eigenvalue weighted by molar-refractivity contribution is 5.74. The summed E-state index contributed by atoms with van der Waals surface area (Å²) in [5, 5.41) is 12.1. The number of hydrogen-bond donors (Lipinski definition) is 2. The summed E-state index contributed by atoms with van der Waals surface area (Å²) in [4.78, 5) is 14.2. The van der Waals surface area contributed by atoms with Gasteiger partial charge in [-0.3, -0.25) is 0 Å². The van der Waals surface area contributed by atoms with Crippen molar-refractivity contribution in [1.29, 1.82) is 0 Å². The Labute approximate surface area is 127 Å². The molecule has 1 aromatic rings. The third-order valence-electron chi connectivity index (χ3n) is 4.28. The predicted molar refractivity (Wildman–Crippen MR) is 84.3 cm³/mol. The van der Waals surface area contributed by atoms with Crippen molar-refractivity contribution < 1.29 is 9.90 Å². The van der Waals surface area contributed by atoms with Crippen LogP contribution in [0.2, 0.25) is 0 Å². The summed E-state index contributed by atoms with van der Waals surface area (Å²) in [5.41, 5.74) is 2.55. The Bertz CT molecular complexity index is 460. The SMILES string of the molecule is Cc1ccccc1CCNC(=O)N1CCCCC1CCO. The minimum absolute atomic E-state index is 0.0155. The van der Waals surface area contributed by atoms with Crippen LogP contribution < -0.4 is 5.32 Å². The van der Waals surface area contributed by atoms with Gasteiger partial charge in [0.2, 0.25) is 0 Å². The van der Waals surface area contributed by atoms with Gasteiger partial charge in [-0.05, 0) is 50.2 Å². The van der Waals surface area contributed by atoms with Crippen molar-refractivity contribution in [2.24, 2.45) is 0 Å². The monoisotopic (exact) mass is 290 g/mol. The molecular weight excluding hydrogens is 264 g/mol. The van der Waals surface area contributed by atoms with E-state index in [1.807, 2.05) is 17.0 Å². The highest BCUT2D eigenvalue weighted by atomic mass is 16.3. The number of benzene rings is 1. The summed E-state index contributed by atoms with van der Waals surface area (Å²) in [5.74, 6) is 0. The number of aliphatic hydroxyl groups excluding tert-OH is 1. The van der Waals surface area contributed by atoms with Gasteiger partial charge in [0.25, 0.3) is 0 Å². The average molecular weight is 290 g/mol. The fourth-order valence-electron chi connectivity index (χ4n) is 3.01. The van der Waals surface area contributed by atoms with Gasteiger partial charge in [0, 0.05) is 25.7 Å². The van der Waals surface area contributed by atoms with E-state index >= 15 is 0 Å². The molecule has 116 valence electrons. The van der Waals surface area contributed by atoms with Crippen LogP contribution in [-0.2, 0) is 6.42 Å². The van der Waals surface area contributed by atoms with Gasteiger partial charge < -0.3 is 15.3 Å². The maximum atomic E-state index is 12.3. The van der Waals surface area contributed by atoms with Gasteiger partial charge in [0.15, 0.2) is 0 Å². The molecule has 1 aromatic carbocycles. The topological polar surface area (TPSA) is 52.6 Å². The van der Waals surface area contributed by atoms with E-state index in [2.05, 4.69) is 24.4 Å². The molecule has 1 aliphatic rings. The number of hydrogen-bond acceptors (Lipinski definition) is 2. The molecule has 4 heteroatoms. The van der Waals surface area contributed by atoms with Crippen molar-refractivity contribution in [1.82, 2.24) is 10.2 Å². The third kappa shape index (κ3) is 4.46. The molecule has 0 saturated carbocycles. The Kier molecular flexibility index (Phi) is 6.05. The number of carbonyl (C=O) groups is 1. The van der Waals surface area contributed by atoms with Crippen LogP contribution in [-0.4, -0.2) is 41.8 Å². The molecule has 21 heavy (non-hydrogen) atoms. The lowest BCUT2D eigenvalue weighted by Gasteiger charge is -2.35. The van der Waals surface area contributed by atoms with Gasteiger partial charge in [0.05, 0.1) is 0 Å². The third-order valence-corrected chi connectivity index (χ3v) is 4.28. The number of amides is 2. The van der Waals surface area contributed by atoms with Crippen LogP contribution in [0.25, 0.3) is 0 Å². The Morgan fingerprint density at radius 1 is 1.38 bits per heavy atom. The second-order valence-corrected chi connectivity index (χ2v) is 5.76. The molecule has 2 amide bonds. The number of aryl methyl sites for hydroxylation is 1. The van der Waals surface area contributed by atoms with Gasteiger partial charge in [-0.1, -0.05) is 24.3 Å². The molecule has 1 fully saturated rings. The molecule has 2 rings (SSSR count). The fourth-order valence-corrected chi connectivity index (χ4v) is 3.01. The molecule has 0 bridgehead atoms.